The van der Waals surface area contributed by atoms with Gasteiger partial charge in [0.2, 0.25) is 5.91 Å². The van der Waals surface area contributed by atoms with Crippen LogP contribution in [0.25, 0.3) is 0 Å². The van der Waals surface area contributed by atoms with Gasteiger partial charge in [-0.2, -0.15) is 11.8 Å². The lowest BCUT2D eigenvalue weighted by Gasteiger charge is -2.26. The zero-order valence-electron chi connectivity index (χ0n) is 17.3. The maximum absolute atomic E-state index is 12.0. The highest BCUT2D eigenvalue weighted by Gasteiger charge is 2.42. The summed E-state index contributed by atoms with van der Waals surface area (Å²) < 4.78 is 0. The molecular weight excluding hydrogens is 378 g/mol. The fourth-order valence-electron chi connectivity index (χ4n) is 3.99. The monoisotopic (exact) mass is 413 g/mol. The van der Waals surface area contributed by atoms with Gasteiger partial charge in [0, 0.05) is 24.0 Å². The Morgan fingerprint density at radius 2 is 1.96 bits per heavy atom. The average Bonchev–Trinajstić information content (AvgIpc) is 3.12. The largest absolute Gasteiger partial charge is 0.481 e. The van der Waals surface area contributed by atoms with Crippen LogP contribution in [0, 0.1) is 11.3 Å². The third-order valence-corrected chi connectivity index (χ3v) is 7.17. The highest BCUT2D eigenvalue weighted by atomic mass is 32.2. The molecule has 3 amide bonds. The van der Waals surface area contributed by atoms with E-state index in [1.54, 1.807) is 0 Å². The summed E-state index contributed by atoms with van der Waals surface area (Å²) in [6.45, 7) is 6.47. The number of nitrogens with one attached hydrogen (secondary N) is 3. The minimum Gasteiger partial charge on any atom is -0.481 e. The van der Waals surface area contributed by atoms with Gasteiger partial charge in [-0.15, -0.1) is 0 Å². The summed E-state index contributed by atoms with van der Waals surface area (Å²) in [6, 6.07) is 0.427. The topological polar surface area (TPSA) is 108 Å². The van der Waals surface area contributed by atoms with E-state index >= 15 is 0 Å². The van der Waals surface area contributed by atoms with Gasteiger partial charge in [0.1, 0.15) is 0 Å². The Hall–Kier alpha value is -1.44. The second kappa shape index (κ2) is 10.4. The van der Waals surface area contributed by atoms with E-state index in [1.807, 2.05) is 32.5 Å². The van der Waals surface area contributed by atoms with E-state index in [9.17, 15) is 19.5 Å². The van der Waals surface area contributed by atoms with Crippen molar-refractivity contribution in [2.75, 3.05) is 12.3 Å². The van der Waals surface area contributed by atoms with Gasteiger partial charge in [-0.1, -0.05) is 33.6 Å². The summed E-state index contributed by atoms with van der Waals surface area (Å²) in [4.78, 5) is 34.7. The molecule has 8 heteroatoms. The van der Waals surface area contributed by atoms with Crippen molar-refractivity contribution in [2.45, 2.75) is 83.1 Å². The highest BCUT2D eigenvalue weighted by molar-refractivity contribution is 8.00. The van der Waals surface area contributed by atoms with Crippen molar-refractivity contribution < 1.29 is 19.5 Å². The van der Waals surface area contributed by atoms with Crippen molar-refractivity contribution in [3.8, 4) is 0 Å². The number of aliphatic carboxylic acids is 1. The molecule has 0 aromatic rings. The molecule has 0 aromatic heterocycles. The first-order chi connectivity index (χ1) is 13.2. The molecule has 2 aliphatic rings. The number of hydrogen-bond acceptors (Lipinski definition) is 4. The van der Waals surface area contributed by atoms with Gasteiger partial charge in [0.05, 0.1) is 18.0 Å². The van der Waals surface area contributed by atoms with Crippen molar-refractivity contribution in [2.24, 2.45) is 11.3 Å². The third kappa shape index (κ3) is 6.87. The second-order valence-corrected chi connectivity index (χ2v) is 10.2. The lowest BCUT2D eigenvalue weighted by Crippen LogP contribution is -2.36. The van der Waals surface area contributed by atoms with Crippen LogP contribution in [0.4, 0.5) is 4.79 Å². The van der Waals surface area contributed by atoms with Crippen molar-refractivity contribution in [3.05, 3.63) is 0 Å². The SMILES string of the molecule is CC(C)(C)C(CCCCNC(=O)CCCCC1SCC2NC(=O)NC21)C(=O)O. The molecule has 2 fully saturated rings. The fourth-order valence-corrected chi connectivity index (χ4v) is 5.53. The van der Waals surface area contributed by atoms with E-state index < -0.39 is 5.97 Å². The standard InChI is InChI=1S/C20H35N3O4S/c1-20(2,3)13(18(25)26)8-6-7-11-21-16(24)10-5-4-9-15-17-14(12-28-15)22-19(27)23-17/h13-15,17H,4-12H2,1-3H3,(H,21,24)(H,25,26)(H2,22,23,27). The molecule has 4 atom stereocenters. The number of hydrogen-bond donors (Lipinski definition) is 4. The van der Waals surface area contributed by atoms with Gasteiger partial charge < -0.3 is 21.1 Å². The van der Waals surface area contributed by atoms with Crippen LogP contribution in [0.1, 0.15) is 65.7 Å². The van der Waals surface area contributed by atoms with Crippen LogP contribution in [-0.4, -0.2) is 52.6 Å². The summed E-state index contributed by atoms with van der Waals surface area (Å²) in [5, 5.41) is 18.6. The quantitative estimate of drug-likeness (QED) is 0.308. The minimum absolute atomic E-state index is 0.0585. The predicted molar refractivity (Wildman–Crippen MR) is 111 cm³/mol. The molecule has 0 radical (unpaired) electrons. The molecule has 0 bridgehead atoms. The second-order valence-electron chi connectivity index (χ2n) is 8.97. The van der Waals surface area contributed by atoms with E-state index in [0.717, 1.165) is 37.9 Å². The molecule has 7 nitrogen and oxygen atoms in total. The molecule has 2 aliphatic heterocycles. The van der Waals surface area contributed by atoms with Crippen LogP contribution in [0.5, 0.6) is 0 Å². The van der Waals surface area contributed by atoms with Crippen molar-refractivity contribution in [1.29, 1.82) is 0 Å². The Bertz CT molecular complexity index is 564. The lowest BCUT2D eigenvalue weighted by atomic mass is 9.78. The van der Waals surface area contributed by atoms with Crippen molar-refractivity contribution >= 4 is 29.7 Å². The minimum atomic E-state index is -0.740. The van der Waals surface area contributed by atoms with E-state index in [-0.39, 0.29) is 35.4 Å². The summed E-state index contributed by atoms with van der Waals surface area (Å²) in [6.07, 6.45) is 5.63. The highest BCUT2D eigenvalue weighted by Crippen LogP contribution is 2.33. The van der Waals surface area contributed by atoms with E-state index in [0.29, 0.717) is 24.6 Å². The maximum atomic E-state index is 12.0. The number of rotatable bonds is 11. The number of thioether (sulfide) groups is 1. The number of amides is 3. The van der Waals surface area contributed by atoms with Gasteiger partial charge in [0.25, 0.3) is 0 Å². The van der Waals surface area contributed by atoms with E-state index in [2.05, 4.69) is 16.0 Å². The number of carbonyl (C=O) groups excluding carboxylic acids is 2. The van der Waals surface area contributed by atoms with Crippen molar-refractivity contribution in [3.63, 3.8) is 0 Å². The zero-order chi connectivity index (χ0) is 20.7. The predicted octanol–water partition coefficient (Wildman–Crippen LogP) is 2.75. The van der Waals surface area contributed by atoms with Crippen LogP contribution < -0.4 is 16.0 Å². The van der Waals surface area contributed by atoms with Gasteiger partial charge in [-0.25, -0.2) is 4.79 Å². The van der Waals surface area contributed by atoms with Gasteiger partial charge >= 0.3 is 12.0 Å². The Labute approximate surface area is 172 Å². The normalized spacial score (nSPS) is 25.0. The molecule has 2 heterocycles. The average molecular weight is 414 g/mol. The molecule has 0 aliphatic carbocycles. The van der Waals surface area contributed by atoms with Gasteiger partial charge in [-0.3, -0.25) is 9.59 Å². The fraction of sp³-hybridized carbons (Fsp3) is 0.850. The smallest absolute Gasteiger partial charge is 0.315 e. The molecule has 4 unspecified atom stereocenters. The Morgan fingerprint density at radius 3 is 2.64 bits per heavy atom. The van der Waals surface area contributed by atoms with E-state index in [1.165, 1.54) is 0 Å². The summed E-state index contributed by atoms with van der Waals surface area (Å²) in [5.41, 5.74) is -0.246. The lowest BCUT2D eigenvalue weighted by molar-refractivity contribution is -0.145. The number of carbonyl (C=O) groups is 3. The van der Waals surface area contributed by atoms with Crippen molar-refractivity contribution in [1.82, 2.24) is 16.0 Å². The molecule has 160 valence electrons. The van der Waals surface area contributed by atoms with Crippen LogP contribution in [-0.2, 0) is 9.59 Å². The van der Waals surface area contributed by atoms with E-state index in [4.69, 9.17) is 0 Å². The molecule has 0 saturated carbocycles. The molecule has 2 saturated heterocycles. The third-order valence-electron chi connectivity index (χ3n) is 5.67. The van der Waals surface area contributed by atoms with Crippen LogP contribution in [0.3, 0.4) is 0 Å². The molecule has 2 rings (SSSR count). The summed E-state index contributed by atoms with van der Waals surface area (Å²) in [7, 11) is 0. The Balaban J connectivity index is 1.50. The van der Waals surface area contributed by atoms with Crippen LogP contribution >= 0.6 is 11.8 Å². The van der Waals surface area contributed by atoms with Crippen LogP contribution in [0.15, 0.2) is 0 Å². The zero-order valence-corrected chi connectivity index (χ0v) is 18.1. The number of fused-ring (bicyclic) bond motifs is 1. The number of carboxylic acids is 1. The first-order valence-electron chi connectivity index (χ1n) is 10.4. The molecule has 0 aromatic carbocycles. The Kier molecular flexibility index (Phi) is 8.46. The maximum Gasteiger partial charge on any atom is 0.315 e. The molecular formula is C20H35N3O4S. The van der Waals surface area contributed by atoms with Gasteiger partial charge in [0.15, 0.2) is 0 Å². The number of urea groups is 1. The molecule has 28 heavy (non-hydrogen) atoms. The Morgan fingerprint density at radius 1 is 1.21 bits per heavy atom. The first-order valence-corrected chi connectivity index (χ1v) is 11.4. The summed E-state index contributed by atoms with van der Waals surface area (Å²) in [5.74, 6) is -0.0577. The number of carboxylic acid groups (broad SMARTS) is 1. The number of unbranched alkanes of at least 4 members (excludes halogenated alkanes) is 2. The first kappa shape index (κ1) is 22.8. The molecule has 4 N–H and O–H groups in total. The van der Waals surface area contributed by atoms with Crippen LogP contribution in [0.2, 0.25) is 0 Å². The summed E-state index contributed by atoms with van der Waals surface area (Å²) >= 11 is 1.90. The molecule has 0 spiro atoms. The van der Waals surface area contributed by atoms with Gasteiger partial charge in [-0.05, 0) is 31.1 Å².